The van der Waals surface area contributed by atoms with Crippen LogP contribution in [0.2, 0.25) is 0 Å². The largest absolute Gasteiger partial charge is 0.324 e. The third kappa shape index (κ3) is 3.77. The van der Waals surface area contributed by atoms with Gasteiger partial charge in [0.25, 0.3) is 5.91 Å². The fourth-order valence-corrected chi connectivity index (χ4v) is 2.12. The number of imide groups is 1. The van der Waals surface area contributed by atoms with Crippen molar-refractivity contribution in [1.82, 2.24) is 10.2 Å². The normalized spacial score (nSPS) is 15.7. The summed E-state index contributed by atoms with van der Waals surface area (Å²) < 4.78 is 12.7. The molecule has 1 fully saturated rings. The average molecular weight is 264 g/mol. The molecule has 1 N–H and O–H groups in total. The highest BCUT2D eigenvalue weighted by molar-refractivity contribution is 6.04. The second-order valence-corrected chi connectivity index (χ2v) is 4.67. The van der Waals surface area contributed by atoms with Crippen LogP contribution in [0.4, 0.5) is 9.18 Å². The van der Waals surface area contributed by atoms with Crippen LogP contribution in [0.25, 0.3) is 0 Å². The van der Waals surface area contributed by atoms with Crippen molar-refractivity contribution in [2.24, 2.45) is 0 Å². The second-order valence-electron chi connectivity index (χ2n) is 4.67. The number of rotatable bonds is 1. The highest BCUT2D eigenvalue weighted by Gasteiger charge is 2.18. The van der Waals surface area contributed by atoms with E-state index in [4.69, 9.17) is 0 Å². The molecule has 1 heterocycles. The van der Waals surface area contributed by atoms with E-state index in [1.54, 1.807) is 4.90 Å². The molecule has 0 aliphatic carbocycles. The smallest absolute Gasteiger partial charge is 0.324 e. The third-order valence-electron chi connectivity index (χ3n) is 3.22. The number of halogens is 1. The van der Waals surface area contributed by atoms with Gasteiger partial charge in [-0.25, -0.2) is 9.18 Å². The molecule has 2 rings (SSSR count). The quantitative estimate of drug-likeness (QED) is 0.847. The highest BCUT2D eigenvalue weighted by atomic mass is 19.1. The van der Waals surface area contributed by atoms with Crippen LogP contribution in [0.3, 0.4) is 0 Å². The van der Waals surface area contributed by atoms with Gasteiger partial charge in [-0.1, -0.05) is 12.8 Å². The summed E-state index contributed by atoms with van der Waals surface area (Å²) in [6.45, 7) is 1.37. The van der Waals surface area contributed by atoms with Crippen molar-refractivity contribution >= 4 is 11.9 Å². The zero-order valence-electron chi connectivity index (χ0n) is 10.7. The lowest BCUT2D eigenvalue weighted by Gasteiger charge is -2.20. The molecule has 1 saturated heterocycles. The van der Waals surface area contributed by atoms with E-state index in [1.165, 1.54) is 24.3 Å². The molecule has 0 spiro atoms. The summed E-state index contributed by atoms with van der Waals surface area (Å²) in [5, 5.41) is 2.34. The molecule has 0 radical (unpaired) electrons. The van der Waals surface area contributed by atoms with Crippen molar-refractivity contribution in [3.05, 3.63) is 35.6 Å². The van der Waals surface area contributed by atoms with E-state index in [9.17, 15) is 14.0 Å². The van der Waals surface area contributed by atoms with Crippen LogP contribution in [0, 0.1) is 5.82 Å². The summed E-state index contributed by atoms with van der Waals surface area (Å²) in [7, 11) is 0. The number of nitrogens with zero attached hydrogens (tertiary/aromatic N) is 1. The lowest BCUT2D eigenvalue weighted by molar-refractivity contribution is 0.0952. The van der Waals surface area contributed by atoms with Crippen LogP contribution >= 0.6 is 0 Å². The van der Waals surface area contributed by atoms with Crippen LogP contribution in [0.15, 0.2) is 24.3 Å². The Bertz CT molecular complexity index is 451. The van der Waals surface area contributed by atoms with Gasteiger partial charge in [-0.05, 0) is 37.1 Å². The van der Waals surface area contributed by atoms with Gasteiger partial charge in [0.1, 0.15) is 5.82 Å². The molecule has 1 aromatic carbocycles. The van der Waals surface area contributed by atoms with E-state index >= 15 is 0 Å². The van der Waals surface area contributed by atoms with Gasteiger partial charge in [0, 0.05) is 18.7 Å². The minimum Gasteiger partial charge on any atom is -0.324 e. The van der Waals surface area contributed by atoms with Crippen molar-refractivity contribution < 1.29 is 14.0 Å². The molecule has 4 nitrogen and oxygen atoms in total. The molecule has 1 aromatic rings. The first-order chi connectivity index (χ1) is 9.16. The number of benzene rings is 1. The first-order valence-electron chi connectivity index (χ1n) is 6.52. The lowest BCUT2D eigenvalue weighted by Crippen LogP contribution is -2.43. The van der Waals surface area contributed by atoms with E-state index in [2.05, 4.69) is 5.32 Å². The zero-order valence-corrected chi connectivity index (χ0v) is 10.7. The maximum absolute atomic E-state index is 12.7. The van der Waals surface area contributed by atoms with Gasteiger partial charge in [-0.3, -0.25) is 10.1 Å². The summed E-state index contributed by atoms with van der Waals surface area (Å²) >= 11 is 0. The molecule has 0 atom stereocenters. The van der Waals surface area contributed by atoms with Crippen molar-refractivity contribution in [2.75, 3.05) is 13.1 Å². The van der Waals surface area contributed by atoms with Crippen LogP contribution < -0.4 is 5.32 Å². The van der Waals surface area contributed by atoms with Gasteiger partial charge in [-0.2, -0.15) is 0 Å². The Morgan fingerprint density at radius 3 is 2.16 bits per heavy atom. The third-order valence-corrected chi connectivity index (χ3v) is 3.22. The van der Waals surface area contributed by atoms with Gasteiger partial charge in [-0.15, -0.1) is 0 Å². The first-order valence-corrected chi connectivity index (χ1v) is 6.52. The Kier molecular flexibility index (Phi) is 4.49. The molecule has 19 heavy (non-hydrogen) atoms. The summed E-state index contributed by atoms with van der Waals surface area (Å²) in [5.41, 5.74) is 0.282. The van der Waals surface area contributed by atoms with Crippen LogP contribution in [0.5, 0.6) is 0 Å². The number of carbonyl (C=O) groups excluding carboxylic acids is 2. The Balaban J connectivity index is 1.94. The number of hydrogen-bond acceptors (Lipinski definition) is 2. The molecule has 1 aliphatic heterocycles. The topological polar surface area (TPSA) is 49.4 Å². The Labute approximate surface area is 111 Å². The molecule has 0 bridgehead atoms. The number of nitrogens with one attached hydrogen (secondary N) is 1. The number of amides is 3. The van der Waals surface area contributed by atoms with E-state index in [1.807, 2.05) is 0 Å². The lowest BCUT2D eigenvalue weighted by atomic mass is 10.2. The number of carbonyl (C=O) groups is 2. The maximum Gasteiger partial charge on any atom is 0.324 e. The predicted molar refractivity (Wildman–Crippen MR) is 69.3 cm³/mol. The monoisotopic (exact) mass is 264 g/mol. The molecule has 1 aliphatic rings. The van der Waals surface area contributed by atoms with E-state index in [0.29, 0.717) is 13.1 Å². The maximum atomic E-state index is 12.7. The Hall–Kier alpha value is -1.91. The van der Waals surface area contributed by atoms with Crippen molar-refractivity contribution in [3.8, 4) is 0 Å². The van der Waals surface area contributed by atoms with Gasteiger partial charge >= 0.3 is 6.03 Å². The fraction of sp³-hybridized carbons (Fsp3) is 0.429. The van der Waals surface area contributed by atoms with E-state index in [0.717, 1.165) is 25.7 Å². The number of urea groups is 1. The van der Waals surface area contributed by atoms with Gasteiger partial charge in [0.2, 0.25) is 0 Å². The standard InChI is InChI=1S/C14H17FN2O2/c15-12-7-5-11(6-8-12)13(18)16-14(19)17-9-3-1-2-4-10-17/h5-8H,1-4,9-10H2,(H,16,18,19). The Morgan fingerprint density at radius 2 is 1.58 bits per heavy atom. The van der Waals surface area contributed by atoms with Crippen molar-refractivity contribution in [1.29, 1.82) is 0 Å². The minimum absolute atomic E-state index is 0.282. The van der Waals surface area contributed by atoms with Crippen molar-refractivity contribution in [2.45, 2.75) is 25.7 Å². The molecule has 5 heteroatoms. The summed E-state index contributed by atoms with van der Waals surface area (Å²) in [6.07, 6.45) is 4.18. The molecule has 3 amide bonds. The van der Waals surface area contributed by atoms with Crippen LogP contribution in [-0.4, -0.2) is 29.9 Å². The van der Waals surface area contributed by atoms with E-state index < -0.39 is 11.7 Å². The van der Waals surface area contributed by atoms with Crippen LogP contribution in [-0.2, 0) is 0 Å². The Morgan fingerprint density at radius 1 is 1.00 bits per heavy atom. The SMILES string of the molecule is O=C(NC(=O)N1CCCCCC1)c1ccc(F)cc1. The number of likely N-dealkylation sites (tertiary alicyclic amines) is 1. The first kappa shape index (κ1) is 13.5. The van der Waals surface area contributed by atoms with Gasteiger partial charge < -0.3 is 4.90 Å². The molecule has 0 aromatic heterocycles. The molecular weight excluding hydrogens is 247 g/mol. The summed E-state index contributed by atoms with van der Waals surface area (Å²) in [6, 6.07) is 4.76. The van der Waals surface area contributed by atoms with Crippen LogP contribution in [0.1, 0.15) is 36.0 Å². The molecule has 0 saturated carbocycles. The summed E-state index contributed by atoms with van der Waals surface area (Å²) in [4.78, 5) is 25.4. The second kappa shape index (κ2) is 6.31. The number of hydrogen-bond donors (Lipinski definition) is 1. The van der Waals surface area contributed by atoms with Gasteiger partial charge in [0.05, 0.1) is 0 Å². The average Bonchev–Trinajstić information content (AvgIpc) is 2.68. The zero-order chi connectivity index (χ0) is 13.7. The van der Waals surface area contributed by atoms with Gasteiger partial charge in [0.15, 0.2) is 0 Å². The highest BCUT2D eigenvalue weighted by Crippen LogP contribution is 2.10. The minimum atomic E-state index is -0.491. The predicted octanol–water partition coefficient (Wildman–Crippen LogP) is 2.55. The van der Waals surface area contributed by atoms with Crippen molar-refractivity contribution in [3.63, 3.8) is 0 Å². The summed E-state index contributed by atoms with van der Waals surface area (Å²) in [5.74, 6) is -0.898. The molecule has 102 valence electrons. The molecular formula is C14H17FN2O2. The molecule has 0 unspecified atom stereocenters. The fourth-order valence-electron chi connectivity index (χ4n) is 2.12. The van der Waals surface area contributed by atoms with E-state index in [-0.39, 0.29) is 11.6 Å².